The molecule has 0 unspecified atom stereocenters. The van der Waals surface area contributed by atoms with Gasteiger partial charge in [0, 0.05) is 21.9 Å². The van der Waals surface area contributed by atoms with Crippen molar-refractivity contribution in [2.45, 2.75) is 6.92 Å². The van der Waals surface area contributed by atoms with Crippen LogP contribution < -0.4 is 10.6 Å². The number of hydrogen-bond acceptors (Lipinski definition) is 4. The maximum Gasteiger partial charge on any atom is 0.229 e. The smallest absolute Gasteiger partial charge is 0.229 e. The van der Waals surface area contributed by atoms with Gasteiger partial charge in [-0.15, -0.1) is 0 Å². The number of benzene rings is 2. The second-order valence-electron chi connectivity index (χ2n) is 4.95. The van der Waals surface area contributed by atoms with Gasteiger partial charge in [0.15, 0.2) is 0 Å². The van der Waals surface area contributed by atoms with Crippen LogP contribution in [0.25, 0.3) is 0 Å². The molecule has 2 N–H and O–H groups in total. The molecule has 23 heavy (non-hydrogen) atoms. The van der Waals surface area contributed by atoms with E-state index >= 15 is 0 Å². The Hall–Kier alpha value is -2.47. The highest BCUT2D eigenvalue weighted by Crippen LogP contribution is 2.21. The van der Waals surface area contributed by atoms with E-state index in [1.807, 2.05) is 31.2 Å². The summed E-state index contributed by atoms with van der Waals surface area (Å²) in [6, 6.07) is 15.9. The van der Waals surface area contributed by atoms with Gasteiger partial charge in [0.25, 0.3) is 0 Å². The van der Waals surface area contributed by atoms with Crippen molar-refractivity contribution in [1.29, 1.82) is 0 Å². The number of aryl methyl sites for hydroxylation is 1. The lowest BCUT2D eigenvalue weighted by Gasteiger charge is -2.10. The zero-order valence-electron chi connectivity index (χ0n) is 12.3. The summed E-state index contributed by atoms with van der Waals surface area (Å²) in [6.45, 7) is 1.86. The Bertz CT molecular complexity index is 821. The Labute approximate surface area is 141 Å². The Balaban J connectivity index is 1.84. The number of rotatable bonds is 4. The molecule has 2 aromatic carbocycles. The van der Waals surface area contributed by atoms with Gasteiger partial charge in [-0.2, -0.15) is 4.98 Å². The molecule has 0 aliphatic carbocycles. The summed E-state index contributed by atoms with van der Waals surface area (Å²) in [5.41, 5.74) is 2.02. The van der Waals surface area contributed by atoms with Gasteiger partial charge in [-0.25, -0.2) is 9.37 Å². The van der Waals surface area contributed by atoms with Crippen molar-refractivity contribution in [2.24, 2.45) is 0 Å². The van der Waals surface area contributed by atoms with Gasteiger partial charge < -0.3 is 10.6 Å². The molecule has 116 valence electrons. The lowest BCUT2D eigenvalue weighted by molar-refractivity contribution is 0.632. The lowest BCUT2D eigenvalue weighted by atomic mass is 10.3. The largest absolute Gasteiger partial charge is 0.338 e. The summed E-state index contributed by atoms with van der Waals surface area (Å²) in [4.78, 5) is 8.72. The van der Waals surface area contributed by atoms with Crippen LogP contribution in [-0.2, 0) is 0 Å². The Morgan fingerprint density at radius 1 is 0.957 bits per heavy atom. The van der Waals surface area contributed by atoms with Crippen LogP contribution in [0.5, 0.6) is 0 Å². The van der Waals surface area contributed by atoms with E-state index < -0.39 is 0 Å². The van der Waals surface area contributed by atoms with Crippen LogP contribution in [-0.4, -0.2) is 9.97 Å². The van der Waals surface area contributed by atoms with Crippen molar-refractivity contribution in [3.63, 3.8) is 0 Å². The molecule has 0 amide bonds. The third-order valence-electron chi connectivity index (χ3n) is 3.09. The number of nitrogens with zero attached hydrogens (tertiary/aromatic N) is 2. The van der Waals surface area contributed by atoms with Crippen LogP contribution in [0, 0.1) is 12.7 Å². The minimum Gasteiger partial charge on any atom is -0.338 e. The van der Waals surface area contributed by atoms with Crippen LogP contribution in [0.2, 0.25) is 0 Å². The quantitative estimate of drug-likeness (QED) is 0.662. The van der Waals surface area contributed by atoms with Crippen molar-refractivity contribution in [3.05, 3.63) is 70.6 Å². The summed E-state index contributed by atoms with van der Waals surface area (Å²) in [5, 5.41) is 6.11. The average Bonchev–Trinajstić information content (AvgIpc) is 2.51. The average molecular weight is 373 g/mol. The molecule has 0 saturated carbocycles. The molecule has 0 atom stereocenters. The van der Waals surface area contributed by atoms with Gasteiger partial charge in [-0.05, 0) is 43.3 Å². The van der Waals surface area contributed by atoms with E-state index in [0.717, 1.165) is 15.9 Å². The molecule has 0 aliphatic heterocycles. The predicted molar refractivity (Wildman–Crippen MR) is 93.9 cm³/mol. The van der Waals surface area contributed by atoms with Gasteiger partial charge in [0.1, 0.15) is 11.6 Å². The first-order valence-corrected chi connectivity index (χ1v) is 7.79. The monoisotopic (exact) mass is 372 g/mol. The Morgan fingerprint density at radius 3 is 2.43 bits per heavy atom. The second-order valence-corrected chi connectivity index (χ2v) is 5.87. The molecule has 0 fully saturated rings. The van der Waals surface area contributed by atoms with E-state index in [1.165, 1.54) is 6.07 Å². The number of nitrogens with one attached hydrogen (secondary N) is 2. The maximum absolute atomic E-state index is 13.7. The molecule has 0 radical (unpaired) electrons. The zero-order valence-corrected chi connectivity index (χ0v) is 13.9. The molecule has 0 spiro atoms. The van der Waals surface area contributed by atoms with Crippen molar-refractivity contribution in [3.8, 4) is 0 Å². The number of aromatic nitrogens is 2. The van der Waals surface area contributed by atoms with Crippen molar-refractivity contribution >= 4 is 39.1 Å². The molecule has 3 rings (SSSR count). The first-order valence-electron chi connectivity index (χ1n) is 7.00. The fourth-order valence-corrected chi connectivity index (χ4v) is 2.32. The van der Waals surface area contributed by atoms with Crippen molar-refractivity contribution in [1.82, 2.24) is 9.97 Å². The SMILES string of the molecule is Cc1cc(Nc2ccccc2F)nc(Nc2ccc(Br)cc2)n1. The summed E-state index contributed by atoms with van der Waals surface area (Å²) in [5.74, 6) is 0.652. The van der Waals surface area contributed by atoms with E-state index in [9.17, 15) is 4.39 Å². The summed E-state index contributed by atoms with van der Waals surface area (Å²) >= 11 is 3.39. The predicted octanol–water partition coefficient (Wildman–Crippen LogP) is 5.17. The number of hydrogen-bond donors (Lipinski definition) is 2. The summed E-state index contributed by atoms with van der Waals surface area (Å²) in [7, 11) is 0. The number of para-hydroxylation sites is 1. The van der Waals surface area contributed by atoms with Crippen LogP contribution >= 0.6 is 15.9 Å². The van der Waals surface area contributed by atoms with Gasteiger partial charge in [-0.1, -0.05) is 28.1 Å². The first kappa shape index (κ1) is 15.4. The molecule has 4 nitrogen and oxygen atoms in total. The zero-order chi connectivity index (χ0) is 16.2. The van der Waals surface area contributed by atoms with E-state index in [4.69, 9.17) is 0 Å². The third-order valence-corrected chi connectivity index (χ3v) is 3.62. The standard InChI is InChI=1S/C17H14BrFN4/c1-11-10-16(22-15-5-3-2-4-14(15)19)23-17(20-11)21-13-8-6-12(18)7-9-13/h2-10H,1H3,(H2,20,21,22,23). The van der Waals surface area contributed by atoms with E-state index in [0.29, 0.717) is 17.5 Å². The van der Waals surface area contributed by atoms with Crippen molar-refractivity contribution < 1.29 is 4.39 Å². The van der Waals surface area contributed by atoms with Crippen LogP contribution in [0.1, 0.15) is 5.69 Å². The molecular formula is C17H14BrFN4. The first-order chi connectivity index (χ1) is 11.1. The van der Waals surface area contributed by atoms with E-state index in [-0.39, 0.29) is 5.82 Å². The summed E-state index contributed by atoms with van der Waals surface area (Å²) < 4.78 is 14.7. The highest BCUT2D eigenvalue weighted by molar-refractivity contribution is 9.10. The minimum atomic E-state index is -0.328. The molecule has 1 heterocycles. The minimum absolute atomic E-state index is 0.328. The highest BCUT2D eigenvalue weighted by atomic mass is 79.9. The van der Waals surface area contributed by atoms with Crippen molar-refractivity contribution in [2.75, 3.05) is 10.6 Å². The molecule has 3 aromatic rings. The van der Waals surface area contributed by atoms with Crippen LogP contribution in [0.4, 0.5) is 27.5 Å². The lowest BCUT2D eigenvalue weighted by Crippen LogP contribution is -2.03. The molecule has 0 aliphatic rings. The number of anilines is 4. The number of halogens is 2. The fourth-order valence-electron chi connectivity index (χ4n) is 2.05. The third kappa shape index (κ3) is 4.04. The fraction of sp³-hybridized carbons (Fsp3) is 0.0588. The van der Waals surface area contributed by atoms with Gasteiger partial charge in [0.2, 0.25) is 5.95 Å². The molecular weight excluding hydrogens is 359 g/mol. The molecule has 0 bridgehead atoms. The van der Waals surface area contributed by atoms with Crippen LogP contribution in [0.15, 0.2) is 59.1 Å². The topological polar surface area (TPSA) is 49.8 Å². The summed E-state index contributed by atoms with van der Waals surface area (Å²) in [6.07, 6.45) is 0. The Kier molecular flexibility index (Phi) is 4.52. The second kappa shape index (κ2) is 6.75. The Morgan fingerprint density at radius 2 is 1.70 bits per heavy atom. The van der Waals surface area contributed by atoms with Gasteiger partial charge >= 0.3 is 0 Å². The van der Waals surface area contributed by atoms with Crippen LogP contribution in [0.3, 0.4) is 0 Å². The highest BCUT2D eigenvalue weighted by Gasteiger charge is 2.06. The molecule has 6 heteroatoms. The maximum atomic E-state index is 13.7. The normalized spacial score (nSPS) is 10.4. The van der Waals surface area contributed by atoms with E-state index in [1.54, 1.807) is 24.3 Å². The molecule has 0 saturated heterocycles. The molecule has 1 aromatic heterocycles. The van der Waals surface area contributed by atoms with E-state index in [2.05, 4.69) is 36.5 Å². The van der Waals surface area contributed by atoms with Gasteiger partial charge in [0.05, 0.1) is 5.69 Å². The van der Waals surface area contributed by atoms with Gasteiger partial charge in [-0.3, -0.25) is 0 Å².